The number of carbonyl (C=O) groups is 2. The molecule has 8 aromatic rings. The number of nitrogens with one attached hydrogen (secondary N) is 2. The van der Waals surface area contributed by atoms with Gasteiger partial charge < -0.3 is 39.8 Å². The predicted molar refractivity (Wildman–Crippen MR) is 302 cm³/mol. The molecule has 21 heteroatoms. The number of aliphatic hydroxyl groups is 1. The Balaban J connectivity index is 0.000000320. The number of rotatable bonds is 18. The van der Waals surface area contributed by atoms with Crippen LogP contribution in [-0.4, -0.2) is 116 Å². The largest absolute Gasteiger partial charge is 0.486 e. The van der Waals surface area contributed by atoms with Gasteiger partial charge in [-0.05, 0) is 79.5 Å². The van der Waals surface area contributed by atoms with Crippen molar-refractivity contribution in [2.45, 2.75) is 89.9 Å². The molecule has 0 spiro atoms. The van der Waals surface area contributed by atoms with Gasteiger partial charge in [-0.1, -0.05) is 85.3 Å². The van der Waals surface area contributed by atoms with E-state index in [9.17, 15) is 19.2 Å². The SMILES string of the molecule is CO[C@@H](C)COc1nc(N2CC3CC2CN3)c2cc(Cl)c(-c3ccc(F)c4scc(C#N)c34)c(OCc3ccc(-c4cn(C(C(=O)N5CCCC5C)C(C)C)nn4)cc3)c2n1.O=CNC(CO)c1ccc(-c2ccncc2F)cc1. The third-order valence-corrected chi connectivity index (χ3v) is 16.4. The Kier molecular flexibility index (Phi) is 16.9. The highest BCUT2D eigenvalue weighted by Gasteiger charge is 2.40. The zero-order chi connectivity index (χ0) is 56.2. The van der Waals surface area contributed by atoms with Crippen LogP contribution in [0.1, 0.15) is 75.7 Å². The number of pyridine rings is 1. The van der Waals surface area contributed by atoms with Gasteiger partial charge in [0, 0.05) is 83.9 Å². The summed E-state index contributed by atoms with van der Waals surface area (Å²) in [7, 11) is 1.62. The van der Waals surface area contributed by atoms with Crippen LogP contribution in [0.25, 0.3) is 54.5 Å². The summed E-state index contributed by atoms with van der Waals surface area (Å²) in [6, 6.07) is 23.5. The maximum atomic E-state index is 15.3. The van der Waals surface area contributed by atoms with Crippen LogP contribution in [0.4, 0.5) is 14.6 Å². The van der Waals surface area contributed by atoms with E-state index < -0.39 is 17.9 Å². The van der Waals surface area contributed by atoms with Crippen molar-refractivity contribution in [3.05, 3.63) is 130 Å². The zero-order valence-electron chi connectivity index (χ0n) is 44.8. The monoisotopic (exact) mass is 1120 g/mol. The van der Waals surface area contributed by atoms with Gasteiger partial charge >= 0.3 is 6.01 Å². The van der Waals surface area contributed by atoms with Gasteiger partial charge in [-0.2, -0.15) is 15.2 Å². The molecule has 3 fully saturated rings. The number of aliphatic hydroxyl groups excluding tert-OH is 1. The van der Waals surface area contributed by atoms with E-state index >= 15 is 4.39 Å². The number of aromatic nitrogens is 6. The second-order valence-electron chi connectivity index (χ2n) is 20.6. The van der Waals surface area contributed by atoms with Crippen molar-refractivity contribution in [2.75, 3.05) is 44.9 Å². The third-order valence-electron chi connectivity index (χ3n) is 15.1. The zero-order valence-corrected chi connectivity index (χ0v) is 46.3. The summed E-state index contributed by atoms with van der Waals surface area (Å²) in [6.45, 7) is 10.5. The van der Waals surface area contributed by atoms with Gasteiger partial charge in [0.05, 0.1) is 46.4 Å². The van der Waals surface area contributed by atoms with Gasteiger partial charge in [0.15, 0.2) is 5.75 Å². The van der Waals surface area contributed by atoms with E-state index in [2.05, 4.69) is 43.8 Å². The lowest BCUT2D eigenvalue weighted by Gasteiger charge is -2.30. The minimum absolute atomic E-state index is 0.0273. The van der Waals surface area contributed by atoms with Crippen LogP contribution in [0.2, 0.25) is 5.02 Å². The first-order chi connectivity index (χ1) is 38.8. The van der Waals surface area contributed by atoms with E-state index in [1.54, 1.807) is 53.6 Å². The molecule has 414 valence electrons. The molecule has 11 rings (SSSR count). The highest BCUT2D eigenvalue weighted by atomic mass is 35.5. The molecule has 4 aromatic heterocycles. The molecule has 0 saturated carbocycles. The van der Waals surface area contributed by atoms with E-state index in [1.165, 1.54) is 23.6 Å². The molecular weight excluding hydrogens is 1060 g/mol. The first-order valence-electron chi connectivity index (χ1n) is 26.5. The number of likely N-dealkylation sites (tertiary alicyclic amines) is 1. The molecule has 0 radical (unpaired) electrons. The van der Waals surface area contributed by atoms with Crippen molar-refractivity contribution in [3.63, 3.8) is 0 Å². The lowest BCUT2D eigenvalue weighted by atomic mass is 9.96. The summed E-state index contributed by atoms with van der Waals surface area (Å²) < 4.78 is 49.4. The fourth-order valence-corrected chi connectivity index (χ4v) is 12.0. The predicted octanol–water partition coefficient (Wildman–Crippen LogP) is 9.85. The lowest BCUT2D eigenvalue weighted by molar-refractivity contribution is -0.137. The third kappa shape index (κ3) is 11.4. The van der Waals surface area contributed by atoms with E-state index in [0.717, 1.165) is 61.8 Å². The molecule has 2 amide bonds. The number of anilines is 1. The number of carbonyl (C=O) groups excluding carboxylic acids is 2. The molecule has 2 bridgehead atoms. The topological polar surface area (TPSA) is 206 Å². The van der Waals surface area contributed by atoms with Crippen molar-refractivity contribution in [1.29, 1.82) is 5.26 Å². The minimum atomic E-state index is -0.451. The number of fused-ring (bicyclic) bond motifs is 4. The van der Waals surface area contributed by atoms with Crippen molar-refractivity contribution < 1.29 is 37.7 Å². The number of nitrogens with zero attached hydrogens (tertiary/aromatic N) is 9. The minimum Gasteiger partial charge on any atom is -0.486 e. The van der Waals surface area contributed by atoms with Crippen LogP contribution in [0.5, 0.6) is 11.8 Å². The number of ether oxygens (including phenoxy) is 3. The van der Waals surface area contributed by atoms with Gasteiger partial charge in [-0.15, -0.1) is 16.4 Å². The van der Waals surface area contributed by atoms with Gasteiger partial charge in [-0.25, -0.2) is 13.5 Å². The Morgan fingerprint density at radius 3 is 2.49 bits per heavy atom. The van der Waals surface area contributed by atoms with Crippen LogP contribution in [0.3, 0.4) is 0 Å². The molecular formula is C59H60ClF2N11O6S. The van der Waals surface area contributed by atoms with Crippen LogP contribution in [-0.2, 0) is 20.9 Å². The van der Waals surface area contributed by atoms with E-state index in [1.807, 2.05) is 62.2 Å². The maximum Gasteiger partial charge on any atom is 0.319 e. The number of thiophene rings is 1. The number of methoxy groups -OCH3 is 1. The number of halogens is 3. The average molecular weight is 1120 g/mol. The Hall–Kier alpha value is -7.67. The van der Waals surface area contributed by atoms with Crippen LogP contribution in [0.15, 0.2) is 96.8 Å². The maximum absolute atomic E-state index is 15.3. The van der Waals surface area contributed by atoms with E-state index in [-0.39, 0.29) is 61.7 Å². The first-order valence-corrected chi connectivity index (χ1v) is 27.8. The summed E-state index contributed by atoms with van der Waals surface area (Å²) in [5.74, 6) is 0.321. The Morgan fingerprint density at radius 1 is 1.04 bits per heavy atom. The van der Waals surface area contributed by atoms with Crippen LogP contribution in [0, 0.1) is 28.9 Å². The standard InChI is InChI=1S/C45H47ClFN9O4S.C14H13FN2O2/c1-24(2)40(44(57)54-14-6-7-25(54)3)56-20-36(52-53-56)28-10-8-27(9-11-28)22-59-41-38(32-12-13-35(47)42-37(32)29(17-48)23-61-42)34(46)16-33-39(41)50-45(60-21-26(4)58-5)51-43(33)55-19-30-15-31(55)18-49-30;15-13-7-16-6-5-12(13)10-1-3-11(4-2-10)14(8-18)17-9-19/h8-13,16,20,23-26,30-31,40,49H,6-7,14-15,18-19,21-22H2,1-5H3;1-7,9,14,18H,8H2,(H,17,19)/t25?,26-,30?,31?,40?;/m0./s1. The quantitative estimate of drug-likeness (QED) is 0.0684. The van der Waals surface area contributed by atoms with Crippen LogP contribution < -0.4 is 25.0 Å². The van der Waals surface area contributed by atoms with Gasteiger partial charge in [0.2, 0.25) is 12.3 Å². The second kappa shape index (κ2) is 24.4. The number of hydrogen-bond acceptors (Lipinski definition) is 15. The van der Waals surface area contributed by atoms with E-state index in [4.69, 9.17) is 40.9 Å². The highest BCUT2D eigenvalue weighted by Crippen LogP contribution is 2.49. The Labute approximate surface area is 470 Å². The fourth-order valence-electron chi connectivity index (χ4n) is 10.8. The molecule has 3 aliphatic heterocycles. The Bertz CT molecular complexity index is 3580. The van der Waals surface area contributed by atoms with Crippen molar-refractivity contribution in [2.24, 2.45) is 5.92 Å². The van der Waals surface area contributed by atoms with Gasteiger partial charge in [0.25, 0.3) is 0 Å². The molecule has 0 aliphatic carbocycles. The second-order valence-corrected chi connectivity index (χ2v) is 21.9. The van der Waals surface area contributed by atoms with Crippen molar-refractivity contribution in [1.82, 2.24) is 45.5 Å². The fraction of sp³-hybridized carbons (Fsp3) is 0.356. The molecule has 3 aliphatic rings. The van der Waals surface area contributed by atoms with Crippen molar-refractivity contribution >= 4 is 62.1 Å². The molecule has 6 atom stereocenters. The Morgan fingerprint density at radius 2 is 1.82 bits per heavy atom. The molecule has 7 heterocycles. The number of amides is 2. The summed E-state index contributed by atoms with van der Waals surface area (Å²) in [5.41, 5.74) is 6.09. The number of hydrogen-bond donors (Lipinski definition) is 3. The van der Waals surface area contributed by atoms with E-state index in [0.29, 0.717) is 83.5 Å². The summed E-state index contributed by atoms with van der Waals surface area (Å²) in [5, 5.41) is 37.4. The average Bonchev–Trinajstić information content (AvgIpc) is 4.10. The number of benzene rings is 4. The molecule has 3 N–H and O–H groups in total. The summed E-state index contributed by atoms with van der Waals surface area (Å²) in [4.78, 5) is 41.9. The van der Waals surface area contributed by atoms with Crippen molar-refractivity contribution in [3.8, 4) is 51.3 Å². The number of piperazine rings is 1. The first kappa shape index (κ1) is 55.6. The highest BCUT2D eigenvalue weighted by molar-refractivity contribution is 7.17. The van der Waals surface area contributed by atoms with Gasteiger partial charge in [0.1, 0.15) is 54.0 Å². The molecule has 3 saturated heterocycles. The summed E-state index contributed by atoms with van der Waals surface area (Å²) in [6.07, 6.45) is 7.85. The lowest BCUT2D eigenvalue weighted by Crippen LogP contribution is -2.44. The molecule has 17 nitrogen and oxygen atoms in total. The summed E-state index contributed by atoms with van der Waals surface area (Å²) >= 11 is 8.48. The molecule has 5 unspecified atom stereocenters. The molecule has 4 aromatic carbocycles. The smallest absolute Gasteiger partial charge is 0.319 e. The number of nitriles is 1. The van der Waals surface area contributed by atoms with Crippen LogP contribution >= 0.6 is 22.9 Å². The normalized spacial score (nSPS) is 17.8. The van der Waals surface area contributed by atoms with Gasteiger partial charge in [-0.3, -0.25) is 14.6 Å². The molecule has 80 heavy (non-hydrogen) atoms.